The molecule has 0 radical (unpaired) electrons. The van der Waals surface area contributed by atoms with Crippen molar-refractivity contribution in [2.45, 2.75) is 33.7 Å². The number of ether oxygens (including phenoxy) is 5. The van der Waals surface area contributed by atoms with E-state index >= 15 is 0 Å². The highest BCUT2D eigenvalue weighted by molar-refractivity contribution is 7.07. The highest BCUT2D eigenvalue weighted by atomic mass is 32.1. The maximum Gasteiger partial charge on any atom is 0.338 e. The molecule has 1 aromatic heterocycles. The molecule has 0 fully saturated rings. The Balaban J connectivity index is 1.91. The molecule has 1 aliphatic rings. The third-order valence-corrected chi connectivity index (χ3v) is 7.13. The predicted molar refractivity (Wildman–Crippen MR) is 158 cm³/mol. The summed E-state index contributed by atoms with van der Waals surface area (Å²) in [4.78, 5) is 55.3. The summed E-state index contributed by atoms with van der Waals surface area (Å²) in [5, 5.41) is 0. The zero-order chi connectivity index (χ0) is 31.3. The maximum atomic E-state index is 14.0. The normalized spacial score (nSPS) is 14.3. The molecule has 1 atom stereocenters. The lowest BCUT2D eigenvalue weighted by atomic mass is 9.95. The van der Waals surface area contributed by atoms with Crippen LogP contribution in [0.25, 0.3) is 6.08 Å². The number of hydrogen-bond donors (Lipinski definition) is 0. The molecule has 0 bridgehead atoms. The van der Waals surface area contributed by atoms with Crippen LogP contribution in [0.4, 0.5) is 0 Å². The Kier molecular flexibility index (Phi) is 9.61. The predicted octanol–water partition coefficient (Wildman–Crippen LogP) is 3.22. The van der Waals surface area contributed by atoms with E-state index in [0.29, 0.717) is 38.5 Å². The lowest BCUT2D eigenvalue weighted by Gasteiger charge is -2.25. The van der Waals surface area contributed by atoms with Gasteiger partial charge in [-0.25, -0.2) is 9.79 Å². The largest absolute Gasteiger partial charge is 0.493 e. The molecule has 0 saturated carbocycles. The van der Waals surface area contributed by atoms with Gasteiger partial charge in [0.1, 0.15) is 6.61 Å². The lowest BCUT2D eigenvalue weighted by molar-refractivity contribution is -0.138. The molecule has 1 aliphatic heterocycles. The minimum absolute atomic E-state index is 0.0348. The van der Waals surface area contributed by atoms with Crippen molar-refractivity contribution in [1.82, 2.24) is 4.57 Å². The van der Waals surface area contributed by atoms with Gasteiger partial charge in [-0.15, -0.1) is 0 Å². The summed E-state index contributed by atoms with van der Waals surface area (Å²) in [7, 11) is 1.42. The number of benzene rings is 2. The molecule has 11 nitrogen and oxygen atoms in total. The molecule has 2 heterocycles. The van der Waals surface area contributed by atoms with Gasteiger partial charge >= 0.3 is 17.9 Å². The molecule has 0 saturated heterocycles. The van der Waals surface area contributed by atoms with Gasteiger partial charge in [0.15, 0.2) is 27.8 Å². The summed E-state index contributed by atoms with van der Waals surface area (Å²) in [6.07, 6.45) is 3.11. The fraction of sp³-hybridized carbons (Fsp3) is 0.258. The number of thiazole rings is 1. The van der Waals surface area contributed by atoms with Crippen LogP contribution in [0, 0.1) is 0 Å². The van der Waals surface area contributed by atoms with Crippen LogP contribution in [0.1, 0.15) is 44.9 Å². The first kappa shape index (κ1) is 31.0. The molecular weight excluding hydrogens is 576 g/mol. The van der Waals surface area contributed by atoms with Crippen LogP contribution in [-0.2, 0) is 19.1 Å². The van der Waals surface area contributed by atoms with Crippen LogP contribution in [-0.4, -0.2) is 42.8 Å². The van der Waals surface area contributed by atoms with Crippen LogP contribution in [0.5, 0.6) is 23.0 Å². The fourth-order valence-electron chi connectivity index (χ4n) is 4.48. The number of carbonyl (C=O) groups is 3. The molecule has 0 N–H and O–H groups in total. The van der Waals surface area contributed by atoms with E-state index in [2.05, 4.69) is 11.6 Å². The van der Waals surface area contributed by atoms with Gasteiger partial charge in [0.2, 0.25) is 0 Å². The Hall–Kier alpha value is -4.97. The average molecular weight is 607 g/mol. The number of rotatable bonds is 10. The molecule has 1 unspecified atom stereocenters. The van der Waals surface area contributed by atoms with E-state index in [9.17, 15) is 19.2 Å². The van der Waals surface area contributed by atoms with Crippen LogP contribution in [0.2, 0.25) is 0 Å². The van der Waals surface area contributed by atoms with Crippen LogP contribution >= 0.6 is 11.3 Å². The van der Waals surface area contributed by atoms with Gasteiger partial charge in [0.05, 0.1) is 35.6 Å². The molecule has 2 aromatic carbocycles. The summed E-state index contributed by atoms with van der Waals surface area (Å²) in [6.45, 7) is 9.93. The number of carbonyl (C=O) groups excluding carboxylic acids is 3. The highest BCUT2D eigenvalue weighted by Crippen LogP contribution is 2.36. The lowest BCUT2D eigenvalue weighted by Crippen LogP contribution is -2.40. The van der Waals surface area contributed by atoms with Crippen molar-refractivity contribution in [3.63, 3.8) is 0 Å². The second-order valence-corrected chi connectivity index (χ2v) is 10.2. The van der Waals surface area contributed by atoms with Crippen LogP contribution < -0.4 is 33.8 Å². The SMILES string of the molecule is C=CCOC(=O)C1=C(C)N=c2sc(=Cc3ccc(OC(C)=O)c(OCC)c3)c(=O)n2C1c1ccc(OC(C)=O)c(OC)c1. The van der Waals surface area contributed by atoms with E-state index in [4.69, 9.17) is 23.7 Å². The molecule has 0 amide bonds. The van der Waals surface area contributed by atoms with Gasteiger partial charge in [-0.3, -0.25) is 19.0 Å². The maximum absolute atomic E-state index is 14.0. The van der Waals surface area contributed by atoms with Crippen LogP contribution in [0.3, 0.4) is 0 Å². The monoisotopic (exact) mass is 606 g/mol. The zero-order valence-corrected chi connectivity index (χ0v) is 25.1. The topological polar surface area (TPSA) is 132 Å². The number of esters is 3. The van der Waals surface area contributed by atoms with E-state index in [1.165, 1.54) is 37.7 Å². The number of fused-ring (bicyclic) bond motifs is 1. The quantitative estimate of drug-likeness (QED) is 0.194. The Morgan fingerprint density at radius 1 is 1.02 bits per heavy atom. The summed E-state index contributed by atoms with van der Waals surface area (Å²) in [5.41, 5.74) is 1.26. The van der Waals surface area contributed by atoms with E-state index in [1.54, 1.807) is 50.3 Å². The van der Waals surface area contributed by atoms with Gasteiger partial charge in [0.25, 0.3) is 5.56 Å². The summed E-state index contributed by atoms with van der Waals surface area (Å²) < 4.78 is 28.7. The zero-order valence-electron chi connectivity index (χ0n) is 24.3. The first-order valence-corrected chi connectivity index (χ1v) is 14.0. The van der Waals surface area contributed by atoms with Gasteiger partial charge in [-0.05, 0) is 55.3 Å². The standard InChI is InChI=1S/C31H30N2O9S/c1-7-13-40-30(37)27-17(3)32-31-33(28(27)21-10-12-22(41-18(4)34)24(16-21)38-6)29(36)26(43-31)15-20-9-11-23(42-19(5)35)25(14-20)39-8-2/h7,9-12,14-16,28H,1,8,13H2,2-6H3. The van der Waals surface area contributed by atoms with E-state index < -0.39 is 29.5 Å². The van der Waals surface area contributed by atoms with E-state index in [1.807, 2.05) is 0 Å². The number of methoxy groups -OCH3 is 1. The van der Waals surface area contributed by atoms with Crippen molar-refractivity contribution >= 4 is 35.3 Å². The Bertz CT molecular complexity index is 1820. The third kappa shape index (κ3) is 6.75. The van der Waals surface area contributed by atoms with Crippen molar-refractivity contribution in [2.24, 2.45) is 4.99 Å². The third-order valence-electron chi connectivity index (χ3n) is 6.15. The molecule has 12 heteroatoms. The Morgan fingerprint density at radius 2 is 1.70 bits per heavy atom. The molecule has 43 heavy (non-hydrogen) atoms. The first-order valence-electron chi connectivity index (χ1n) is 13.2. The highest BCUT2D eigenvalue weighted by Gasteiger charge is 2.34. The fourth-order valence-corrected chi connectivity index (χ4v) is 5.52. The number of hydrogen-bond acceptors (Lipinski definition) is 11. The Morgan fingerprint density at radius 3 is 2.33 bits per heavy atom. The summed E-state index contributed by atoms with van der Waals surface area (Å²) in [6, 6.07) is 8.80. The van der Waals surface area contributed by atoms with Crippen molar-refractivity contribution in [1.29, 1.82) is 0 Å². The molecule has 4 rings (SSSR count). The minimum atomic E-state index is -0.929. The van der Waals surface area contributed by atoms with E-state index in [-0.39, 0.29) is 29.4 Å². The first-order chi connectivity index (χ1) is 20.6. The van der Waals surface area contributed by atoms with Gasteiger partial charge < -0.3 is 23.7 Å². The molecule has 0 aliphatic carbocycles. The van der Waals surface area contributed by atoms with Crippen molar-refractivity contribution in [2.75, 3.05) is 20.3 Å². The smallest absolute Gasteiger partial charge is 0.338 e. The van der Waals surface area contributed by atoms with Crippen molar-refractivity contribution < 1.29 is 38.1 Å². The van der Waals surface area contributed by atoms with E-state index in [0.717, 1.165) is 11.3 Å². The van der Waals surface area contributed by atoms with Crippen LogP contribution in [0.15, 0.2) is 70.1 Å². The molecule has 3 aromatic rings. The molecular formula is C31H30N2O9S. The molecule has 224 valence electrons. The number of aromatic nitrogens is 1. The number of allylic oxidation sites excluding steroid dienone is 1. The number of nitrogens with zero attached hydrogens (tertiary/aromatic N) is 2. The van der Waals surface area contributed by atoms with Gasteiger partial charge in [0, 0.05) is 13.8 Å². The molecule has 0 spiro atoms. The Labute approximate surface area is 250 Å². The van der Waals surface area contributed by atoms with Gasteiger partial charge in [-0.2, -0.15) is 0 Å². The second-order valence-electron chi connectivity index (χ2n) is 9.21. The second kappa shape index (κ2) is 13.3. The summed E-state index contributed by atoms with van der Waals surface area (Å²) >= 11 is 1.15. The minimum Gasteiger partial charge on any atom is -0.493 e. The van der Waals surface area contributed by atoms with Crippen molar-refractivity contribution in [3.8, 4) is 23.0 Å². The average Bonchev–Trinajstić information content (AvgIpc) is 3.26. The summed E-state index contributed by atoms with van der Waals surface area (Å²) in [5.74, 6) is -0.651. The van der Waals surface area contributed by atoms with Gasteiger partial charge in [-0.1, -0.05) is 36.1 Å². The van der Waals surface area contributed by atoms with Crippen molar-refractivity contribution in [3.05, 3.63) is 91.1 Å².